The molecule has 0 bridgehead atoms. The predicted molar refractivity (Wildman–Crippen MR) is 426 cm³/mol. The van der Waals surface area contributed by atoms with Gasteiger partial charge in [0.2, 0.25) is 0 Å². The summed E-state index contributed by atoms with van der Waals surface area (Å²) in [5.41, 5.74) is 0. The predicted octanol–water partition coefficient (Wildman–Crippen LogP) is 26.2. The second-order valence-corrected chi connectivity index (χ2v) is 29.7. The second kappa shape index (κ2) is 79.9. The first-order chi connectivity index (χ1) is 48.6. The highest BCUT2D eigenvalue weighted by atomic mass is 16.7. The number of hydrogen-bond acceptors (Lipinski definition) is 8. The van der Waals surface area contributed by atoms with Gasteiger partial charge in [-0.1, -0.05) is 387 Å². The monoisotopic (exact) mass is 1380 g/mol. The summed E-state index contributed by atoms with van der Waals surface area (Å²) < 4.78 is 22.9. The fourth-order valence-corrected chi connectivity index (χ4v) is 12.4. The quantitative estimate of drug-likeness (QED) is 0.0195. The molecule has 0 aromatic carbocycles. The van der Waals surface area contributed by atoms with Gasteiger partial charge in [-0.2, -0.15) is 0 Å². The van der Waals surface area contributed by atoms with Gasteiger partial charge in [-0.3, -0.25) is 9.59 Å². The number of hydrogen-bond donors (Lipinski definition) is 0. The molecule has 574 valence electrons. The molecular formula is C90H161NO8. The van der Waals surface area contributed by atoms with Crippen molar-refractivity contribution in [3.8, 4) is 0 Å². The fourth-order valence-electron chi connectivity index (χ4n) is 12.4. The Balaban J connectivity index is 3.96. The third-order valence-electron chi connectivity index (χ3n) is 18.8. The summed E-state index contributed by atoms with van der Waals surface area (Å²) in [4.78, 5) is 37.7. The van der Waals surface area contributed by atoms with Crippen molar-refractivity contribution in [2.75, 3.05) is 47.5 Å². The summed E-state index contributed by atoms with van der Waals surface area (Å²) >= 11 is 0. The van der Waals surface area contributed by atoms with Crippen LogP contribution in [0.4, 0.5) is 0 Å². The van der Waals surface area contributed by atoms with Gasteiger partial charge in [0.1, 0.15) is 13.2 Å². The normalized spacial score (nSPS) is 13.1. The van der Waals surface area contributed by atoms with E-state index in [4.69, 9.17) is 18.9 Å². The highest BCUT2D eigenvalue weighted by Gasteiger charge is 2.22. The Labute approximate surface area is 613 Å². The van der Waals surface area contributed by atoms with Gasteiger partial charge >= 0.3 is 11.9 Å². The van der Waals surface area contributed by atoms with Crippen molar-refractivity contribution >= 4 is 17.9 Å². The van der Waals surface area contributed by atoms with Gasteiger partial charge in [-0.15, -0.1) is 0 Å². The first kappa shape index (κ1) is 95.2. The average molecular weight is 1390 g/mol. The molecule has 9 heteroatoms. The zero-order chi connectivity index (χ0) is 71.8. The van der Waals surface area contributed by atoms with Gasteiger partial charge in [0.25, 0.3) is 0 Å². The molecule has 9 nitrogen and oxygen atoms in total. The van der Waals surface area contributed by atoms with E-state index in [-0.39, 0.29) is 32.2 Å². The minimum absolute atomic E-state index is 0.148. The Morgan fingerprint density at radius 2 is 0.576 bits per heavy atom. The summed E-state index contributed by atoms with van der Waals surface area (Å²) in [5, 5.41) is 11.9. The van der Waals surface area contributed by atoms with Crippen molar-refractivity contribution in [1.29, 1.82) is 0 Å². The molecule has 0 spiro atoms. The Hall–Kier alpha value is -3.79. The highest BCUT2D eigenvalue weighted by Crippen LogP contribution is 2.20. The molecule has 0 aliphatic heterocycles. The van der Waals surface area contributed by atoms with Crippen molar-refractivity contribution in [2.24, 2.45) is 0 Å². The zero-order valence-corrected chi connectivity index (χ0v) is 65.9. The molecular weight excluding hydrogens is 1220 g/mol. The molecule has 0 aliphatic rings. The lowest BCUT2D eigenvalue weighted by Crippen LogP contribution is -2.44. The summed E-state index contributed by atoms with van der Waals surface area (Å²) in [6.07, 6.45) is 108. The molecule has 0 radical (unpaired) electrons. The largest absolute Gasteiger partial charge is 0.545 e. The van der Waals surface area contributed by atoms with Crippen molar-refractivity contribution in [3.05, 3.63) is 97.2 Å². The number of carboxylic acid groups (broad SMARTS) is 1. The number of carboxylic acids is 1. The first-order valence-electron chi connectivity index (χ1n) is 42.4. The Morgan fingerprint density at radius 1 is 0.313 bits per heavy atom. The number of carbonyl (C=O) groups excluding carboxylic acids is 3. The standard InChI is InChI=1S/C90H161NO8/c1-6-8-10-12-14-16-18-20-22-24-26-28-30-32-34-36-38-40-42-44-46-48-50-52-54-56-58-60-62-64-66-68-70-72-74-76-78-80-87(92)97-84-86(85-98-90(89(94)95)96-83-82-91(3,4)5)99-88(93)81-79-77-75-73-71-69-67-65-63-61-59-57-55-53-51-49-47-45-43-41-39-37-35-33-31-29-27-25-23-21-19-17-15-13-11-9-7-2/h9,11,15,17-18,20-21,23-24,26-27,29-30,32-33,35,86,90H,6-8,10,12-14,16,19,22,25,28,31,34,36-85H2,1-5H3/b11-9-,17-15-,20-18-,23-21-,26-24-,29-27-,32-30-,35-33-. The van der Waals surface area contributed by atoms with Crippen LogP contribution in [0.15, 0.2) is 97.2 Å². The lowest BCUT2D eigenvalue weighted by Gasteiger charge is -2.26. The molecule has 0 aliphatic carbocycles. The molecule has 0 fully saturated rings. The van der Waals surface area contributed by atoms with E-state index in [2.05, 4.69) is 111 Å². The molecule has 99 heavy (non-hydrogen) atoms. The van der Waals surface area contributed by atoms with Crippen molar-refractivity contribution in [3.63, 3.8) is 0 Å². The molecule has 0 saturated heterocycles. The maximum atomic E-state index is 13.0. The molecule has 2 unspecified atom stereocenters. The fraction of sp³-hybridized carbons (Fsp3) is 0.789. The van der Waals surface area contributed by atoms with E-state index >= 15 is 0 Å². The number of quaternary nitrogens is 1. The molecule has 0 saturated carbocycles. The van der Waals surface area contributed by atoms with Crippen molar-refractivity contribution < 1.29 is 42.9 Å². The Bertz CT molecular complexity index is 1960. The van der Waals surface area contributed by atoms with Crippen LogP contribution < -0.4 is 5.11 Å². The second-order valence-electron chi connectivity index (χ2n) is 29.7. The number of carbonyl (C=O) groups is 3. The van der Waals surface area contributed by atoms with Crippen LogP contribution in [0, 0.1) is 0 Å². The number of ether oxygens (including phenoxy) is 4. The number of unbranched alkanes of at least 4 members (excludes halogenated alkanes) is 48. The van der Waals surface area contributed by atoms with Crippen LogP contribution in [-0.4, -0.2) is 82.3 Å². The maximum absolute atomic E-state index is 13.0. The number of nitrogens with zero attached hydrogens (tertiary/aromatic N) is 1. The van der Waals surface area contributed by atoms with Crippen molar-refractivity contribution in [2.45, 2.75) is 411 Å². The molecule has 0 amide bonds. The van der Waals surface area contributed by atoms with Gasteiger partial charge in [0.05, 0.1) is 40.3 Å². The van der Waals surface area contributed by atoms with Crippen LogP contribution in [0.25, 0.3) is 0 Å². The van der Waals surface area contributed by atoms with E-state index in [1.54, 1.807) is 0 Å². The summed E-state index contributed by atoms with van der Waals surface area (Å²) in [6, 6.07) is 0. The zero-order valence-electron chi connectivity index (χ0n) is 65.9. The van der Waals surface area contributed by atoms with E-state index in [0.717, 1.165) is 77.0 Å². The van der Waals surface area contributed by atoms with E-state index < -0.39 is 24.3 Å². The van der Waals surface area contributed by atoms with E-state index in [0.29, 0.717) is 23.9 Å². The van der Waals surface area contributed by atoms with Gasteiger partial charge in [-0.05, 0) is 96.3 Å². The summed E-state index contributed by atoms with van der Waals surface area (Å²) in [6.45, 7) is 4.68. The smallest absolute Gasteiger partial charge is 0.306 e. The lowest BCUT2D eigenvalue weighted by molar-refractivity contribution is -0.870. The van der Waals surface area contributed by atoms with Crippen LogP contribution in [0.5, 0.6) is 0 Å². The molecule has 0 aromatic heterocycles. The Kier molecular flexibility index (Phi) is 76.8. The average Bonchev–Trinajstić information content (AvgIpc) is 2.19. The van der Waals surface area contributed by atoms with Crippen molar-refractivity contribution in [1.82, 2.24) is 0 Å². The van der Waals surface area contributed by atoms with Gasteiger partial charge in [0, 0.05) is 12.8 Å². The number of allylic oxidation sites excluding steroid dienone is 16. The number of rotatable bonds is 79. The SMILES string of the molecule is CC/C=C\C/C=C\C/C=C\C/C=C\C/C=C\CCCCCCCCCCCCCCCCCCCCCCCC(=O)OC(COC(=O)CCCCCCCCCCCCCCCCCCCCCCCC/C=C\C/C=C\C/C=C\CCCCCCC)COC(OCC[N+](C)(C)C)C(=O)[O-]. The van der Waals surface area contributed by atoms with Crippen LogP contribution in [0.3, 0.4) is 0 Å². The molecule has 0 heterocycles. The van der Waals surface area contributed by atoms with E-state index in [9.17, 15) is 19.5 Å². The molecule has 0 aromatic rings. The number of esters is 2. The Morgan fingerprint density at radius 3 is 0.859 bits per heavy atom. The number of aliphatic carboxylic acids is 1. The van der Waals surface area contributed by atoms with Crippen LogP contribution in [-0.2, 0) is 33.3 Å². The highest BCUT2D eigenvalue weighted by molar-refractivity contribution is 5.70. The van der Waals surface area contributed by atoms with E-state index in [1.807, 2.05) is 21.1 Å². The van der Waals surface area contributed by atoms with E-state index in [1.165, 1.54) is 289 Å². The van der Waals surface area contributed by atoms with Gasteiger partial charge in [0.15, 0.2) is 12.4 Å². The topological polar surface area (TPSA) is 111 Å². The first-order valence-corrected chi connectivity index (χ1v) is 42.4. The molecule has 2 atom stereocenters. The third kappa shape index (κ3) is 81.4. The maximum Gasteiger partial charge on any atom is 0.306 e. The van der Waals surface area contributed by atoms with Crippen LogP contribution in [0.1, 0.15) is 399 Å². The third-order valence-corrected chi connectivity index (χ3v) is 18.8. The summed E-state index contributed by atoms with van der Waals surface area (Å²) in [7, 11) is 5.95. The van der Waals surface area contributed by atoms with Crippen LogP contribution in [0.2, 0.25) is 0 Å². The van der Waals surface area contributed by atoms with Gasteiger partial charge < -0.3 is 33.3 Å². The minimum atomic E-state index is -1.62. The van der Waals surface area contributed by atoms with Gasteiger partial charge in [-0.25, -0.2) is 0 Å². The minimum Gasteiger partial charge on any atom is -0.545 e. The summed E-state index contributed by atoms with van der Waals surface area (Å²) in [5.74, 6) is -2.26. The molecule has 0 rings (SSSR count). The molecule has 0 N–H and O–H groups in total. The lowest BCUT2D eigenvalue weighted by atomic mass is 10.0. The number of likely N-dealkylation sites (N-methyl/N-ethyl adjacent to an activating group) is 1. The van der Waals surface area contributed by atoms with Crippen LogP contribution >= 0.6 is 0 Å².